The molecule has 2 heterocycles. The summed E-state index contributed by atoms with van der Waals surface area (Å²) in [4.78, 5) is 25.3. The summed E-state index contributed by atoms with van der Waals surface area (Å²) in [5.74, 6) is -4.51. The van der Waals surface area contributed by atoms with Crippen LogP contribution in [0.25, 0.3) is 0 Å². The van der Waals surface area contributed by atoms with Gasteiger partial charge >= 0.3 is 5.97 Å². The fourth-order valence-electron chi connectivity index (χ4n) is 2.63. The van der Waals surface area contributed by atoms with Crippen molar-refractivity contribution in [2.24, 2.45) is 0 Å². The average molecular weight is 349 g/mol. The van der Waals surface area contributed by atoms with E-state index < -0.39 is 24.2 Å². The van der Waals surface area contributed by atoms with Crippen molar-refractivity contribution in [1.29, 1.82) is 0 Å². The smallest absolute Gasteiger partial charge is 0.357 e. The Hall–Kier alpha value is -2.61. The van der Waals surface area contributed by atoms with Crippen molar-refractivity contribution in [1.82, 2.24) is 15.0 Å². The van der Waals surface area contributed by atoms with Gasteiger partial charge in [0.1, 0.15) is 0 Å². The largest absolute Gasteiger partial charge is 0.480 e. The number of hydroxylamine groups is 2. The number of carbonyl (C=O) groups is 1. The molecular formula is C17H17F2N3O3. The Balaban J connectivity index is 1.73. The minimum atomic E-state index is -2.96. The summed E-state index contributed by atoms with van der Waals surface area (Å²) in [5, 5.41) is 1.25. The van der Waals surface area contributed by atoms with Gasteiger partial charge in [-0.2, -0.15) is 0 Å². The molecule has 25 heavy (non-hydrogen) atoms. The van der Waals surface area contributed by atoms with Gasteiger partial charge in [0.05, 0.1) is 36.7 Å². The van der Waals surface area contributed by atoms with Gasteiger partial charge in [0.15, 0.2) is 0 Å². The lowest BCUT2D eigenvalue weighted by atomic mass is 9.92. The van der Waals surface area contributed by atoms with E-state index in [1.54, 1.807) is 30.3 Å². The number of aromatic nitrogens is 2. The number of benzene rings is 1. The Labute approximate surface area is 143 Å². The van der Waals surface area contributed by atoms with Crippen molar-refractivity contribution < 1.29 is 23.1 Å². The molecule has 0 saturated carbocycles. The van der Waals surface area contributed by atoms with Crippen LogP contribution in [0.4, 0.5) is 8.78 Å². The second kappa shape index (κ2) is 7.10. The Morgan fingerprint density at radius 3 is 2.64 bits per heavy atom. The van der Waals surface area contributed by atoms with Crippen molar-refractivity contribution in [2.75, 3.05) is 20.2 Å². The molecule has 1 fully saturated rings. The molecule has 1 aliphatic rings. The number of hydrogen-bond acceptors (Lipinski definition) is 6. The zero-order valence-corrected chi connectivity index (χ0v) is 13.6. The summed E-state index contributed by atoms with van der Waals surface area (Å²) in [7, 11) is 1.42. The lowest BCUT2D eigenvalue weighted by Crippen LogP contribution is -2.46. The third-order valence-corrected chi connectivity index (χ3v) is 4.03. The highest BCUT2D eigenvalue weighted by atomic mass is 19.3. The first-order valence-corrected chi connectivity index (χ1v) is 7.75. The summed E-state index contributed by atoms with van der Waals surface area (Å²) in [5.41, 5.74) is 0.492. The van der Waals surface area contributed by atoms with E-state index in [-0.39, 0.29) is 24.7 Å². The molecular weight excluding hydrogens is 332 g/mol. The van der Waals surface area contributed by atoms with Gasteiger partial charge in [-0.15, -0.1) is 5.06 Å². The van der Waals surface area contributed by atoms with Gasteiger partial charge in [-0.05, 0) is 12.1 Å². The molecule has 0 amide bonds. The highest BCUT2D eigenvalue weighted by molar-refractivity contribution is 5.89. The number of carbonyl (C=O) groups excluding carboxylic acids is 1. The molecule has 2 aromatic rings. The van der Waals surface area contributed by atoms with Crippen molar-refractivity contribution in [3.8, 4) is 5.88 Å². The molecule has 1 aliphatic heterocycles. The van der Waals surface area contributed by atoms with Crippen LogP contribution >= 0.6 is 0 Å². The van der Waals surface area contributed by atoms with E-state index in [4.69, 9.17) is 9.57 Å². The summed E-state index contributed by atoms with van der Waals surface area (Å²) in [6.07, 6.45) is 2.12. The van der Waals surface area contributed by atoms with Crippen LogP contribution < -0.4 is 4.74 Å². The molecule has 1 atom stereocenters. The second-order valence-electron chi connectivity index (χ2n) is 5.68. The van der Waals surface area contributed by atoms with Gasteiger partial charge < -0.3 is 9.57 Å². The average Bonchev–Trinajstić information content (AvgIpc) is 2.64. The fraction of sp³-hybridized carbons (Fsp3) is 0.353. The minimum Gasteiger partial charge on any atom is -0.480 e. The van der Waals surface area contributed by atoms with Crippen LogP contribution in [0.5, 0.6) is 5.88 Å². The first-order valence-electron chi connectivity index (χ1n) is 7.75. The summed E-state index contributed by atoms with van der Waals surface area (Å²) in [6.45, 7) is -0.210. The van der Waals surface area contributed by atoms with E-state index >= 15 is 0 Å². The van der Waals surface area contributed by atoms with E-state index in [1.807, 2.05) is 0 Å². The summed E-state index contributed by atoms with van der Waals surface area (Å²) >= 11 is 0. The van der Waals surface area contributed by atoms with Crippen LogP contribution in [0.2, 0.25) is 0 Å². The lowest BCUT2D eigenvalue weighted by Gasteiger charge is -2.36. The van der Waals surface area contributed by atoms with Crippen LogP contribution in [-0.2, 0) is 4.84 Å². The molecule has 1 aromatic heterocycles. The quantitative estimate of drug-likeness (QED) is 0.846. The van der Waals surface area contributed by atoms with Crippen LogP contribution in [0.15, 0.2) is 42.7 Å². The summed E-state index contributed by atoms with van der Waals surface area (Å²) in [6, 6.07) is 8.39. The first-order chi connectivity index (χ1) is 12.0. The molecule has 0 bridgehead atoms. The maximum atomic E-state index is 14.3. The molecule has 1 saturated heterocycles. The summed E-state index contributed by atoms with van der Waals surface area (Å²) < 4.78 is 33.5. The fourth-order valence-corrected chi connectivity index (χ4v) is 2.63. The molecule has 0 radical (unpaired) electrons. The standard InChI is InChI=1S/C17H17F2N3O3/c1-24-15-10-20-14(9-21-15)13-11-22(8-7-17(13,18)19)25-16(23)12-5-3-2-4-6-12/h2-6,9-10,13H,7-8,11H2,1H3. The molecule has 132 valence electrons. The SMILES string of the molecule is COc1cnc(C2CN(OC(=O)c3ccccc3)CCC2(F)F)cn1. The Kier molecular flexibility index (Phi) is 4.89. The number of piperidine rings is 1. The van der Waals surface area contributed by atoms with Gasteiger partial charge in [0, 0.05) is 19.5 Å². The van der Waals surface area contributed by atoms with Crippen molar-refractivity contribution in [2.45, 2.75) is 18.3 Å². The topological polar surface area (TPSA) is 64.6 Å². The van der Waals surface area contributed by atoms with Crippen molar-refractivity contribution in [3.63, 3.8) is 0 Å². The van der Waals surface area contributed by atoms with E-state index in [0.717, 1.165) is 0 Å². The number of ether oxygens (including phenoxy) is 1. The number of hydrogen-bond donors (Lipinski definition) is 0. The van der Waals surface area contributed by atoms with Crippen molar-refractivity contribution in [3.05, 3.63) is 54.0 Å². The highest BCUT2D eigenvalue weighted by Gasteiger charge is 2.47. The molecule has 1 aromatic carbocycles. The number of halogens is 2. The predicted octanol–water partition coefficient (Wildman–Crippen LogP) is 2.68. The van der Waals surface area contributed by atoms with Crippen LogP contribution in [0.3, 0.4) is 0 Å². The Morgan fingerprint density at radius 2 is 2.00 bits per heavy atom. The van der Waals surface area contributed by atoms with Crippen LogP contribution in [0.1, 0.15) is 28.4 Å². The van der Waals surface area contributed by atoms with Crippen LogP contribution in [0, 0.1) is 0 Å². The molecule has 6 nitrogen and oxygen atoms in total. The normalized spacial score (nSPS) is 20.0. The number of rotatable bonds is 4. The van der Waals surface area contributed by atoms with Gasteiger partial charge in [-0.25, -0.2) is 18.6 Å². The molecule has 0 aliphatic carbocycles. The molecule has 0 spiro atoms. The van der Waals surface area contributed by atoms with E-state index in [0.29, 0.717) is 5.56 Å². The van der Waals surface area contributed by atoms with E-state index in [2.05, 4.69) is 9.97 Å². The van der Waals surface area contributed by atoms with Crippen molar-refractivity contribution >= 4 is 5.97 Å². The zero-order chi connectivity index (χ0) is 17.9. The first kappa shape index (κ1) is 17.2. The van der Waals surface area contributed by atoms with E-state index in [9.17, 15) is 13.6 Å². The van der Waals surface area contributed by atoms with Gasteiger partial charge in [0.2, 0.25) is 5.88 Å². The lowest BCUT2D eigenvalue weighted by molar-refractivity contribution is -0.176. The van der Waals surface area contributed by atoms with Crippen LogP contribution in [-0.4, -0.2) is 47.1 Å². The van der Waals surface area contributed by atoms with Gasteiger partial charge in [-0.3, -0.25) is 4.98 Å². The van der Waals surface area contributed by atoms with E-state index in [1.165, 1.54) is 24.6 Å². The Morgan fingerprint density at radius 1 is 1.24 bits per heavy atom. The highest BCUT2D eigenvalue weighted by Crippen LogP contribution is 2.39. The third-order valence-electron chi connectivity index (χ3n) is 4.03. The molecule has 8 heteroatoms. The maximum Gasteiger partial charge on any atom is 0.357 e. The molecule has 0 N–H and O–H groups in total. The number of methoxy groups -OCH3 is 1. The third kappa shape index (κ3) is 3.90. The molecule has 1 unspecified atom stereocenters. The van der Waals surface area contributed by atoms with Gasteiger partial charge in [-0.1, -0.05) is 18.2 Å². The number of alkyl halides is 2. The predicted molar refractivity (Wildman–Crippen MR) is 84.3 cm³/mol. The maximum absolute atomic E-state index is 14.3. The minimum absolute atomic E-state index is 0.0499. The Bertz CT molecular complexity index is 726. The second-order valence-corrected chi connectivity index (χ2v) is 5.68. The van der Waals surface area contributed by atoms with Gasteiger partial charge in [0.25, 0.3) is 5.92 Å². The zero-order valence-electron chi connectivity index (χ0n) is 13.6. The number of nitrogens with zero attached hydrogens (tertiary/aromatic N) is 3. The monoisotopic (exact) mass is 349 g/mol. The molecule has 3 rings (SSSR count).